The number of alkyl halides is 3. The summed E-state index contributed by atoms with van der Waals surface area (Å²) in [5.41, 5.74) is 0.666. The van der Waals surface area contributed by atoms with Crippen LogP contribution in [-0.2, 0) is 12.7 Å². The zero-order valence-electron chi connectivity index (χ0n) is 11.8. The van der Waals surface area contributed by atoms with Crippen LogP contribution in [0.25, 0.3) is 10.9 Å². The van der Waals surface area contributed by atoms with Gasteiger partial charge in [-0.1, -0.05) is 12.1 Å². The Morgan fingerprint density at radius 3 is 2.65 bits per heavy atom. The van der Waals surface area contributed by atoms with Crippen LogP contribution in [0, 0.1) is 0 Å². The van der Waals surface area contributed by atoms with E-state index in [1.165, 1.54) is 18.2 Å². The molecule has 2 N–H and O–H groups in total. The summed E-state index contributed by atoms with van der Waals surface area (Å²) in [6.07, 6.45) is -2.71. The average Bonchev–Trinajstić information content (AvgIpc) is 2.87. The number of aromatic amines is 1. The van der Waals surface area contributed by atoms with Gasteiger partial charge in [0.05, 0.1) is 16.5 Å². The van der Waals surface area contributed by atoms with E-state index in [2.05, 4.69) is 5.10 Å². The molecule has 0 atom stereocenters. The van der Waals surface area contributed by atoms with Crippen LogP contribution in [0.2, 0.25) is 0 Å². The number of rotatable bonds is 3. The molecule has 2 aromatic carbocycles. The van der Waals surface area contributed by atoms with Crippen LogP contribution in [0.15, 0.2) is 48.7 Å². The number of nitrogens with zero attached hydrogens (tertiary/aromatic N) is 1. The van der Waals surface area contributed by atoms with E-state index in [-0.39, 0.29) is 12.1 Å². The maximum atomic E-state index is 12.7. The van der Waals surface area contributed by atoms with Crippen molar-refractivity contribution < 1.29 is 27.8 Å². The van der Waals surface area contributed by atoms with Gasteiger partial charge in [0.25, 0.3) is 0 Å². The lowest BCUT2D eigenvalue weighted by Crippen LogP contribution is -2.35. The van der Waals surface area contributed by atoms with Gasteiger partial charge in [0.1, 0.15) is 5.52 Å². The van der Waals surface area contributed by atoms with Gasteiger partial charge in [0.15, 0.2) is 6.54 Å². The molecule has 0 aliphatic rings. The van der Waals surface area contributed by atoms with E-state index in [1.807, 2.05) is 0 Å². The predicted molar refractivity (Wildman–Crippen MR) is 76.0 cm³/mol. The highest BCUT2D eigenvalue weighted by atomic mass is 19.4. The molecule has 1 heterocycles. The predicted octanol–water partition coefficient (Wildman–Crippen LogP) is 3.22. The summed E-state index contributed by atoms with van der Waals surface area (Å²) in [4.78, 5) is 11.0. The van der Waals surface area contributed by atoms with E-state index >= 15 is 0 Å². The van der Waals surface area contributed by atoms with Gasteiger partial charge in [-0.3, -0.25) is 0 Å². The molecule has 0 bridgehead atoms. The zero-order valence-corrected chi connectivity index (χ0v) is 11.8. The van der Waals surface area contributed by atoms with Crippen LogP contribution in [-0.4, -0.2) is 16.2 Å². The van der Waals surface area contributed by atoms with Crippen molar-refractivity contribution in [3.8, 4) is 0 Å². The van der Waals surface area contributed by atoms with E-state index in [0.717, 1.165) is 12.1 Å². The Morgan fingerprint density at radius 1 is 1.17 bits per heavy atom. The number of carboxylic acid groups (broad SMARTS) is 1. The minimum absolute atomic E-state index is 0.155. The standard InChI is InChI=1S/C16H11F3N2O2/c17-16(18,19)13-3-1-2-10(6-13)8-21-9-12-7-11(15(22)23)4-5-14(12)20-21/h1-7,9H,8H2,(H,22,23)/p+1. The smallest absolute Gasteiger partial charge is 0.416 e. The highest BCUT2D eigenvalue weighted by Crippen LogP contribution is 2.29. The van der Waals surface area contributed by atoms with Crippen LogP contribution < -0.4 is 4.68 Å². The van der Waals surface area contributed by atoms with Gasteiger partial charge in [-0.2, -0.15) is 18.3 Å². The number of carbonyl (C=O) groups is 1. The quantitative estimate of drug-likeness (QED) is 0.728. The summed E-state index contributed by atoms with van der Waals surface area (Å²) >= 11 is 0. The van der Waals surface area contributed by atoms with E-state index in [4.69, 9.17) is 5.11 Å². The molecule has 0 amide bonds. The van der Waals surface area contributed by atoms with Gasteiger partial charge < -0.3 is 5.11 Å². The lowest BCUT2D eigenvalue weighted by Gasteiger charge is -2.06. The molecule has 23 heavy (non-hydrogen) atoms. The number of hydrogen-bond acceptors (Lipinski definition) is 1. The van der Waals surface area contributed by atoms with Crippen LogP contribution in [0.3, 0.4) is 0 Å². The SMILES string of the molecule is O=C(O)c1ccc2[nH][n+](Cc3cccc(C(F)(F)F)c3)cc2c1. The molecule has 3 aromatic rings. The minimum atomic E-state index is -4.38. The lowest BCUT2D eigenvalue weighted by molar-refractivity contribution is -0.740. The summed E-state index contributed by atoms with van der Waals surface area (Å²) in [6.45, 7) is 0.223. The van der Waals surface area contributed by atoms with Gasteiger partial charge in [-0.25, -0.2) is 4.79 Å². The normalized spacial score (nSPS) is 11.8. The average molecular weight is 321 g/mol. The number of nitrogens with one attached hydrogen (secondary N) is 1. The molecule has 3 rings (SSSR count). The number of aromatic nitrogens is 2. The molecule has 0 aliphatic carbocycles. The van der Waals surface area contributed by atoms with Crippen molar-refractivity contribution >= 4 is 16.9 Å². The molecule has 0 saturated carbocycles. The molecule has 0 fully saturated rings. The fraction of sp³-hybridized carbons (Fsp3) is 0.125. The summed E-state index contributed by atoms with van der Waals surface area (Å²) in [5, 5.41) is 12.7. The van der Waals surface area contributed by atoms with E-state index in [9.17, 15) is 18.0 Å². The van der Waals surface area contributed by atoms with Crippen molar-refractivity contribution in [2.75, 3.05) is 0 Å². The third-order valence-corrected chi connectivity index (χ3v) is 3.46. The maximum Gasteiger partial charge on any atom is 0.416 e. The molecular weight excluding hydrogens is 309 g/mol. The molecule has 0 radical (unpaired) electrons. The molecule has 4 nitrogen and oxygen atoms in total. The Morgan fingerprint density at radius 2 is 1.96 bits per heavy atom. The van der Waals surface area contributed by atoms with Gasteiger partial charge in [-0.05, 0) is 30.3 Å². The molecule has 0 aliphatic heterocycles. The van der Waals surface area contributed by atoms with Gasteiger partial charge in [0, 0.05) is 5.56 Å². The second kappa shape index (κ2) is 5.42. The summed E-state index contributed by atoms with van der Waals surface area (Å²) in [5.74, 6) is -1.03. The van der Waals surface area contributed by atoms with E-state index < -0.39 is 17.7 Å². The van der Waals surface area contributed by atoms with E-state index in [1.54, 1.807) is 23.0 Å². The monoisotopic (exact) mass is 321 g/mol. The Balaban J connectivity index is 1.91. The fourth-order valence-electron chi connectivity index (χ4n) is 2.39. The molecule has 1 aromatic heterocycles. The number of fused-ring (bicyclic) bond motifs is 1. The first kappa shape index (κ1) is 15.1. The lowest BCUT2D eigenvalue weighted by atomic mass is 10.1. The number of aromatic carboxylic acids is 1. The second-order valence-corrected chi connectivity index (χ2v) is 5.17. The largest absolute Gasteiger partial charge is 0.478 e. The first-order valence-corrected chi connectivity index (χ1v) is 6.74. The first-order valence-electron chi connectivity index (χ1n) is 6.74. The Kier molecular flexibility index (Phi) is 3.55. The van der Waals surface area contributed by atoms with Crippen molar-refractivity contribution in [2.45, 2.75) is 12.7 Å². The number of carboxylic acids is 1. The third kappa shape index (κ3) is 3.18. The molecule has 0 spiro atoms. The Bertz CT molecular complexity index is 884. The number of benzene rings is 2. The molecule has 0 saturated heterocycles. The van der Waals surface area contributed by atoms with Crippen molar-refractivity contribution in [3.63, 3.8) is 0 Å². The van der Waals surface area contributed by atoms with Crippen molar-refractivity contribution in [3.05, 3.63) is 65.4 Å². The van der Waals surface area contributed by atoms with E-state index in [0.29, 0.717) is 16.5 Å². The van der Waals surface area contributed by atoms with Gasteiger partial charge in [-0.15, -0.1) is 4.68 Å². The van der Waals surface area contributed by atoms with Crippen LogP contribution in [0.1, 0.15) is 21.5 Å². The van der Waals surface area contributed by atoms with Crippen molar-refractivity contribution in [1.82, 2.24) is 5.10 Å². The minimum Gasteiger partial charge on any atom is -0.478 e. The molecule has 7 heteroatoms. The summed E-state index contributed by atoms with van der Waals surface area (Å²) in [6, 6.07) is 9.70. The summed E-state index contributed by atoms with van der Waals surface area (Å²) < 4.78 is 39.8. The highest BCUT2D eigenvalue weighted by molar-refractivity contribution is 5.92. The van der Waals surface area contributed by atoms with Crippen molar-refractivity contribution in [1.29, 1.82) is 0 Å². The van der Waals surface area contributed by atoms with Gasteiger partial charge >= 0.3 is 12.1 Å². The Labute approximate surface area is 128 Å². The highest BCUT2D eigenvalue weighted by Gasteiger charge is 2.30. The summed E-state index contributed by atoms with van der Waals surface area (Å²) in [7, 11) is 0. The Hall–Kier alpha value is -2.83. The van der Waals surface area contributed by atoms with Crippen LogP contribution >= 0.6 is 0 Å². The fourth-order valence-corrected chi connectivity index (χ4v) is 2.39. The maximum absolute atomic E-state index is 12.7. The first-order chi connectivity index (χ1) is 10.8. The van der Waals surface area contributed by atoms with Crippen molar-refractivity contribution in [2.24, 2.45) is 0 Å². The molecule has 0 unspecified atom stereocenters. The second-order valence-electron chi connectivity index (χ2n) is 5.17. The zero-order chi connectivity index (χ0) is 16.6. The van der Waals surface area contributed by atoms with Crippen LogP contribution in [0.5, 0.6) is 0 Å². The number of H-pyrrole nitrogens is 1. The number of hydrogen-bond donors (Lipinski definition) is 2. The molecular formula is C16H12F3N2O2+. The van der Waals surface area contributed by atoms with Crippen LogP contribution in [0.4, 0.5) is 13.2 Å². The third-order valence-electron chi connectivity index (χ3n) is 3.46. The number of halogens is 3. The topological polar surface area (TPSA) is 57.0 Å². The van der Waals surface area contributed by atoms with Gasteiger partial charge in [0.2, 0.25) is 6.20 Å². The molecule has 118 valence electrons.